The van der Waals surface area contributed by atoms with E-state index < -0.39 is 0 Å². The van der Waals surface area contributed by atoms with Crippen molar-refractivity contribution >= 4 is 17.3 Å². The summed E-state index contributed by atoms with van der Waals surface area (Å²) in [6, 6.07) is 0.0965. The lowest BCUT2D eigenvalue weighted by Crippen LogP contribution is -2.11. The van der Waals surface area contributed by atoms with Gasteiger partial charge in [-0.05, 0) is 27.2 Å². The molecule has 0 aliphatic carbocycles. The Hall–Kier alpha value is -1.56. The highest BCUT2D eigenvalue weighted by molar-refractivity contribution is 7.11. The van der Waals surface area contributed by atoms with Gasteiger partial charge in [-0.2, -0.15) is 5.10 Å². The minimum absolute atomic E-state index is 0.0965. The third-order valence-electron chi connectivity index (χ3n) is 2.73. The van der Waals surface area contributed by atoms with Gasteiger partial charge in [0.05, 0.1) is 17.4 Å². The third kappa shape index (κ3) is 2.81. The molecule has 0 radical (unpaired) electrons. The summed E-state index contributed by atoms with van der Waals surface area (Å²) < 4.78 is 0. The number of aryl methyl sites for hydroxylation is 3. The molecule has 2 heterocycles. The Balaban J connectivity index is 2.10. The van der Waals surface area contributed by atoms with Gasteiger partial charge in [0.1, 0.15) is 5.01 Å². The van der Waals surface area contributed by atoms with Crippen LogP contribution in [-0.4, -0.2) is 20.2 Å². The fourth-order valence-corrected chi connectivity index (χ4v) is 2.32. The Morgan fingerprint density at radius 1 is 1.28 bits per heavy atom. The molecule has 0 aromatic carbocycles. The average molecular weight is 263 g/mol. The number of hydrogen-bond acceptors (Lipinski definition) is 6. The Morgan fingerprint density at radius 2 is 2.06 bits per heavy atom. The van der Waals surface area contributed by atoms with E-state index in [9.17, 15) is 0 Å². The Morgan fingerprint density at radius 3 is 2.67 bits per heavy atom. The van der Waals surface area contributed by atoms with Crippen molar-refractivity contribution in [3.05, 3.63) is 27.5 Å². The van der Waals surface area contributed by atoms with Crippen LogP contribution in [-0.2, 0) is 6.42 Å². The van der Waals surface area contributed by atoms with Gasteiger partial charge in [-0.15, -0.1) is 16.4 Å². The van der Waals surface area contributed by atoms with Crippen molar-refractivity contribution in [1.82, 2.24) is 20.2 Å². The largest absolute Gasteiger partial charge is 0.344 e. The first-order valence-electron chi connectivity index (χ1n) is 5.99. The van der Waals surface area contributed by atoms with Crippen LogP contribution in [0.1, 0.15) is 41.2 Å². The molecule has 0 bridgehead atoms. The van der Waals surface area contributed by atoms with Crippen molar-refractivity contribution in [1.29, 1.82) is 0 Å². The normalized spacial score (nSPS) is 12.4. The van der Waals surface area contributed by atoms with Crippen molar-refractivity contribution in [2.45, 2.75) is 40.2 Å². The minimum Gasteiger partial charge on any atom is -0.344 e. The Bertz CT molecular complexity index is 537. The molecular formula is C12H17N5S. The van der Waals surface area contributed by atoms with E-state index in [0.29, 0.717) is 5.95 Å². The van der Waals surface area contributed by atoms with Crippen LogP contribution in [0.2, 0.25) is 0 Å². The van der Waals surface area contributed by atoms with Gasteiger partial charge >= 0.3 is 0 Å². The molecule has 2 rings (SSSR count). The van der Waals surface area contributed by atoms with E-state index in [1.165, 1.54) is 4.88 Å². The van der Waals surface area contributed by atoms with E-state index in [2.05, 4.69) is 39.3 Å². The second kappa shape index (κ2) is 5.39. The molecule has 2 aromatic rings. The van der Waals surface area contributed by atoms with Crippen LogP contribution in [0.15, 0.2) is 6.20 Å². The number of nitrogens with one attached hydrogen (secondary N) is 1. The van der Waals surface area contributed by atoms with Crippen LogP contribution >= 0.6 is 11.3 Å². The second-order valence-corrected chi connectivity index (χ2v) is 5.34. The SMILES string of the molecule is CCc1cnc(C(C)Nc2nnc(C)c(C)n2)s1. The van der Waals surface area contributed by atoms with Gasteiger partial charge in [0.2, 0.25) is 5.95 Å². The van der Waals surface area contributed by atoms with Gasteiger partial charge in [-0.25, -0.2) is 9.97 Å². The molecule has 5 nitrogen and oxygen atoms in total. The molecule has 1 unspecified atom stereocenters. The molecule has 0 saturated carbocycles. The van der Waals surface area contributed by atoms with Crippen LogP contribution < -0.4 is 5.32 Å². The highest BCUT2D eigenvalue weighted by Crippen LogP contribution is 2.22. The maximum atomic E-state index is 4.40. The smallest absolute Gasteiger partial charge is 0.243 e. The molecule has 0 saturated heterocycles. The van der Waals surface area contributed by atoms with E-state index in [4.69, 9.17) is 0 Å². The quantitative estimate of drug-likeness (QED) is 0.918. The topological polar surface area (TPSA) is 63.6 Å². The summed E-state index contributed by atoms with van der Waals surface area (Å²) in [7, 11) is 0. The molecule has 6 heteroatoms. The maximum Gasteiger partial charge on any atom is 0.243 e. The standard InChI is InChI=1S/C12H17N5S/c1-5-10-6-13-11(18-10)9(4)15-12-14-7(2)8(3)16-17-12/h6,9H,5H2,1-4H3,(H,14,15,17). The summed E-state index contributed by atoms with van der Waals surface area (Å²) in [5.41, 5.74) is 1.75. The van der Waals surface area contributed by atoms with Gasteiger partial charge in [0, 0.05) is 11.1 Å². The van der Waals surface area contributed by atoms with E-state index in [-0.39, 0.29) is 6.04 Å². The molecule has 0 aliphatic heterocycles. The Kier molecular flexibility index (Phi) is 3.86. The minimum atomic E-state index is 0.0965. The molecule has 0 spiro atoms. The zero-order chi connectivity index (χ0) is 13.1. The molecule has 2 aromatic heterocycles. The fourth-order valence-electron chi connectivity index (χ4n) is 1.46. The van der Waals surface area contributed by atoms with E-state index in [1.54, 1.807) is 11.3 Å². The monoisotopic (exact) mass is 263 g/mol. The molecule has 0 fully saturated rings. The predicted octanol–water partition coefficient (Wildman–Crippen LogP) is 2.68. The van der Waals surface area contributed by atoms with Gasteiger partial charge < -0.3 is 5.32 Å². The van der Waals surface area contributed by atoms with Crippen molar-refractivity contribution in [2.24, 2.45) is 0 Å². The van der Waals surface area contributed by atoms with Crippen LogP contribution in [0.25, 0.3) is 0 Å². The summed E-state index contributed by atoms with van der Waals surface area (Å²) >= 11 is 1.72. The summed E-state index contributed by atoms with van der Waals surface area (Å²) in [4.78, 5) is 10.1. The molecule has 18 heavy (non-hydrogen) atoms. The summed E-state index contributed by atoms with van der Waals surface area (Å²) in [6.45, 7) is 8.01. The van der Waals surface area contributed by atoms with Crippen LogP contribution in [0, 0.1) is 13.8 Å². The molecule has 0 amide bonds. The molecular weight excluding hydrogens is 246 g/mol. The van der Waals surface area contributed by atoms with Crippen LogP contribution in [0.4, 0.5) is 5.95 Å². The molecule has 0 aliphatic rings. The molecule has 1 atom stereocenters. The third-order valence-corrected chi connectivity index (χ3v) is 4.05. The van der Waals surface area contributed by atoms with Gasteiger partial charge in [0.15, 0.2) is 0 Å². The lowest BCUT2D eigenvalue weighted by atomic mass is 10.3. The van der Waals surface area contributed by atoms with E-state index in [0.717, 1.165) is 22.8 Å². The number of aromatic nitrogens is 4. The number of hydrogen-bond donors (Lipinski definition) is 1. The highest BCUT2D eigenvalue weighted by atomic mass is 32.1. The molecule has 96 valence electrons. The first-order valence-corrected chi connectivity index (χ1v) is 6.81. The van der Waals surface area contributed by atoms with E-state index >= 15 is 0 Å². The lowest BCUT2D eigenvalue weighted by molar-refractivity contribution is 0.814. The first-order chi connectivity index (χ1) is 8.60. The number of nitrogens with zero attached hydrogens (tertiary/aromatic N) is 4. The number of thiazole rings is 1. The van der Waals surface area contributed by atoms with Crippen molar-refractivity contribution < 1.29 is 0 Å². The first kappa shape index (κ1) is 12.9. The highest BCUT2D eigenvalue weighted by Gasteiger charge is 2.12. The predicted molar refractivity (Wildman–Crippen MR) is 72.8 cm³/mol. The van der Waals surface area contributed by atoms with Crippen molar-refractivity contribution in [3.63, 3.8) is 0 Å². The van der Waals surface area contributed by atoms with Gasteiger partial charge in [-0.1, -0.05) is 6.92 Å². The average Bonchev–Trinajstić information content (AvgIpc) is 2.82. The maximum absolute atomic E-state index is 4.40. The zero-order valence-electron chi connectivity index (χ0n) is 11.1. The van der Waals surface area contributed by atoms with Crippen molar-refractivity contribution in [3.8, 4) is 0 Å². The fraction of sp³-hybridized carbons (Fsp3) is 0.500. The molecule has 1 N–H and O–H groups in total. The number of rotatable bonds is 4. The van der Waals surface area contributed by atoms with Gasteiger partial charge in [0.25, 0.3) is 0 Å². The van der Waals surface area contributed by atoms with Crippen LogP contribution in [0.3, 0.4) is 0 Å². The summed E-state index contributed by atoms with van der Waals surface area (Å²) in [5, 5.41) is 12.4. The number of anilines is 1. The van der Waals surface area contributed by atoms with E-state index in [1.807, 2.05) is 20.0 Å². The summed E-state index contributed by atoms with van der Waals surface area (Å²) in [5.74, 6) is 0.554. The second-order valence-electron chi connectivity index (χ2n) is 4.19. The van der Waals surface area contributed by atoms with Crippen LogP contribution in [0.5, 0.6) is 0 Å². The van der Waals surface area contributed by atoms with Crippen molar-refractivity contribution in [2.75, 3.05) is 5.32 Å². The zero-order valence-corrected chi connectivity index (χ0v) is 11.9. The lowest BCUT2D eigenvalue weighted by Gasteiger charge is -2.11. The van der Waals surface area contributed by atoms with Gasteiger partial charge in [-0.3, -0.25) is 0 Å². The Labute approximate surface area is 111 Å². The summed E-state index contributed by atoms with van der Waals surface area (Å²) in [6.07, 6.45) is 2.95.